The molecule has 0 saturated heterocycles. The van der Waals surface area contributed by atoms with Crippen molar-refractivity contribution >= 4 is 11.6 Å². The third-order valence-corrected chi connectivity index (χ3v) is 2.65. The highest BCUT2D eigenvalue weighted by molar-refractivity contribution is 6.30. The van der Waals surface area contributed by atoms with Crippen molar-refractivity contribution in [3.8, 4) is 0 Å². The van der Waals surface area contributed by atoms with Crippen molar-refractivity contribution < 1.29 is 0 Å². The van der Waals surface area contributed by atoms with Crippen molar-refractivity contribution in [2.75, 3.05) is 0 Å². The molecule has 84 valence electrons. The van der Waals surface area contributed by atoms with Gasteiger partial charge in [-0.25, -0.2) is 0 Å². The van der Waals surface area contributed by atoms with Gasteiger partial charge in [-0.15, -0.1) is 0 Å². The van der Waals surface area contributed by atoms with Crippen molar-refractivity contribution in [3.05, 3.63) is 34.9 Å². The van der Waals surface area contributed by atoms with Gasteiger partial charge in [-0.3, -0.25) is 0 Å². The molecule has 15 heavy (non-hydrogen) atoms. The highest BCUT2D eigenvalue weighted by Crippen LogP contribution is 2.20. The van der Waals surface area contributed by atoms with Crippen LogP contribution in [0.2, 0.25) is 5.02 Å². The lowest BCUT2D eigenvalue weighted by Gasteiger charge is -2.21. The van der Waals surface area contributed by atoms with Crippen molar-refractivity contribution in [1.29, 1.82) is 0 Å². The maximum Gasteiger partial charge on any atom is 0.0406 e. The van der Waals surface area contributed by atoms with E-state index in [9.17, 15) is 0 Å². The van der Waals surface area contributed by atoms with Crippen molar-refractivity contribution in [3.63, 3.8) is 0 Å². The Morgan fingerprint density at radius 1 is 1.27 bits per heavy atom. The SMILES string of the molecule is CC(C)(N)CCC(N)c1ccc(Cl)cc1. The molecule has 0 aliphatic carbocycles. The largest absolute Gasteiger partial charge is 0.326 e. The van der Waals surface area contributed by atoms with Gasteiger partial charge in [0.1, 0.15) is 0 Å². The van der Waals surface area contributed by atoms with E-state index in [1.54, 1.807) is 0 Å². The summed E-state index contributed by atoms with van der Waals surface area (Å²) in [5.74, 6) is 0. The predicted octanol–water partition coefficient (Wildman–Crippen LogP) is 2.86. The normalized spacial score (nSPS) is 13.9. The second-order valence-electron chi connectivity index (χ2n) is 4.69. The summed E-state index contributed by atoms with van der Waals surface area (Å²) in [6, 6.07) is 7.71. The van der Waals surface area contributed by atoms with Crippen LogP contribution < -0.4 is 11.5 Å². The fourth-order valence-corrected chi connectivity index (χ4v) is 1.53. The van der Waals surface area contributed by atoms with Gasteiger partial charge in [0.25, 0.3) is 0 Å². The Labute approximate surface area is 96.6 Å². The monoisotopic (exact) mass is 226 g/mol. The molecule has 0 bridgehead atoms. The molecule has 1 atom stereocenters. The fraction of sp³-hybridized carbons (Fsp3) is 0.500. The molecule has 0 aliphatic heterocycles. The highest BCUT2D eigenvalue weighted by atomic mass is 35.5. The lowest BCUT2D eigenvalue weighted by atomic mass is 9.94. The van der Waals surface area contributed by atoms with Gasteiger partial charge in [0.05, 0.1) is 0 Å². The van der Waals surface area contributed by atoms with E-state index in [2.05, 4.69) is 0 Å². The number of halogens is 1. The lowest BCUT2D eigenvalue weighted by Crippen LogP contribution is -2.32. The minimum atomic E-state index is -0.149. The minimum Gasteiger partial charge on any atom is -0.326 e. The van der Waals surface area contributed by atoms with Gasteiger partial charge in [-0.1, -0.05) is 23.7 Å². The Balaban J connectivity index is 2.54. The molecule has 0 heterocycles. The second-order valence-corrected chi connectivity index (χ2v) is 5.12. The molecular formula is C12H19ClN2. The molecular weight excluding hydrogens is 208 g/mol. The highest BCUT2D eigenvalue weighted by Gasteiger charge is 2.13. The van der Waals surface area contributed by atoms with E-state index in [1.807, 2.05) is 38.1 Å². The van der Waals surface area contributed by atoms with Gasteiger partial charge in [-0.05, 0) is 44.4 Å². The Morgan fingerprint density at radius 3 is 2.27 bits per heavy atom. The number of hydrogen-bond acceptors (Lipinski definition) is 2. The molecule has 1 unspecified atom stereocenters. The molecule has 0 aromatic heterocycles. The van der Waals surface area contributed by atoms with Crippen LogP contribution in [0.4, 0.5) is 0 Å². The molecule has 1 aromatic rings. The fourth-order valence-electron chi connectivity index (χ4n) is 1.40. The zero-order chi connectivity index (χ0) is 11.5. The summed E-state index contributed by atoms with van der Waals surface area (Å²) in [6.07, 6.45) is 1.81. The van der Waals surface area contributed by atoms with Crippen LogP contribution in [-0.4, -0.2) is 5.54 Å². The van der Waals surface area contributed by atoms with Gasteiger partial charge in [0.2, 0.25) is 0 Å². The minimum absolute atomic E-state index is 0.0464. The van der Waals surface area contributed by atoms with Crippen molar-refractivity contribution in [1.82, 2.24) is 0 Å². The first-order chi connectivity index (χ1) is 6.88. The summed E-state index contributed by atoms with van der Waals surface area (Å²) in [5, 5.41) is 0.741. The van der Waals surface area contributed by atoms with E-state index in [-0.39, 0.29) is 11.6 Å². The van der Waals surface area contributed by atoms with E-state index in [0.29, 0.717) is 0 Å². The van der Waals surface area contributed by atoms with E-state index >= 15 is 0 Å². The summed E-state index contributed by atoms with van der Waals surface area (Å²) in [6.45, 7) is 4.03. The van der Waals surface area contributed by atoms with E-state index in [1.165, 1.54) is 0 Å². The average Bonchev–Trinajstić information content (AvgIpc) is 2.14. The number of nitrogens with two attached hydrogens (primary N) is 2. The van der Waals surface area contributed by atoms with E-state index < -0.39 is 0 Å². The van der Waals surface area contributed by atoms with Crippen LogP contribution in [0.25, 0.3) is 0 Å². The molecule has 0 saturated carbocycles. The average molecular weight is 227 g/mol. The Bertz CT molecular complexity index is 300. The quantitative estimate of drug-likeness (QED) is 0.830. The van der Waals surface area contributed by atoms with Crippen LogP contribution in [0, 0.1) is 0 Å². The first-order valence-electron chi connectivity index (χ1n) is 5.18. The number of hydrogen-bond donors (Lipinski definition) is 2. The van der Waals surface area contributed by atoms with Gasteiger partial charge in [0.15, 0.2) is 0 Å². The maximum atomic E-state index is 6.05. The predicted molar refractivity (Wildman–Crippen MR) is 65.9 cm³/mol. The topological polar surface area (TPSA) is 52.0 Å². The Kier molecular flexibility index (Phi) is 4.14. The van der Waals surface area contributed by atoms with Crippen molar-refractivity contribution in [2.45, 2.75) is 38.3 Å². The first-order valence-corrected chi connectivity index (χ1v) is 5.56. The van der Waals surface area contributed by atoms with Crippen LogP contribution >= 0.6 is 11.6 Å². The molecule has 0 fully saturated rings. The number of rotatable bonds is 4. The standard InChI is InChI=1S/C12H19ClN2/c1-12(2,15)8-7-11(14)9-3-5-10(13)6-4-9/h3-6,11H,7-8,14-15H2,1-2H3. The Hall–Kier alpha value is -0.570. The third kappa shape index (κ3) is 4.65. The molecule has 1 rings (SSSR count). The van der Waals surface area contributed by atoms with Crippen LogP contribution in [0.5, 0.6) is 0 Å². The molecule has 0 spiro atoms. The van der Waals surface area contributed by atoms with Gasteiger partial charge < -0.3 is 11.5 Å². The zero-order valence-electron chi connectivity index (χ0n) is 9.33. The molecule has 0 amide bonds. The molecule has 0 radical (unpaired) electrons. The summed E-state index contributed by atoms with van der Waals surface area (Å²) in [5.41, 5.74) is 12.9. The maximum absolute atomic E-state index is 6.05. The van der Waals surface area contributed by atoms with E-state index in [4.69, 9.17) is 23.1 Å². The summed E-state index contributed by atoms with van der Waals surface area (Å²) >= 11 is 5.81. The molecule has 4 N–H and O–H groups in total. The van der Waals surface area contributed by atoms with E-state index in [0.717, 1.165) is 23.4 Å². The van der Waals surface area contributed by atoms with Gasteiger partial charge in [0, 0.05) is 16.6 Å². The van der Waals surface area contributed by atoms with Crippen LogP contribution in [0.15, 0.2) is 24.3 Å². The molecule has 3 heteroatoms. The van der Waals surface area contributed by atoms with Crippen LogP contribution in [0.3, 0.4) is 0 Å². The van der Waals surface area contributed by atoms with Crippen LogP contribution in [-0.2, 0) is 0 Å². The zero-order valence-corrected chi connectivity index (χ0v) is 10.1. The molecule has 1 aromatic carbocycles. The van der Waals surface area contributed by atoms with Crippen molar-refractivity contribution in [2.24, 2.45) is 11.5 Å². The summed E-state index contributed by atoms with van der Waals surface area (Å²) < 4.78 is 0. The Morgan fingerprint density at radius 2 is 1.80 bits per heavy atom. The summed E-state index contributed by atoms with van der Waals surface area (Å²) in [7, 11) is 0. The summed E-state index contributed by atoms with van der Waals surface area (Å²) in [4.78, 5) is 0. The number of benzene rings is 1. The van der Waals surface area contributed by atoms with Gasteiger partial charge in [-0.2, -0.15) is 0 Å². The third-order valence-electron chi connectivity index (χ3n) is 2.40. The molecule has 2 nitrogen and oxygen atoms in total. The second kappa shape index (κ2) is 4.97. The van der Waals surface area contributed by atoms with Crippen LogP contribution in [0.1, 0.15) is 38.3 Å². The lowest BCUT2D eigenvalue weighted by molar-refractivity contribution is 0.433. The first kappa shape index (κ1) is 12.5. The molecule has 0 aliphatic rings. The smallest absolute Gasteiger partial charge is 0.0406 e. The van der Waals surface area contributed by atoms with Gasteiger partial charge >= 0.3 is 0 Å².